The Bertz CT molecular complexity index is 943. The molecule has 2 aromatic heterocycles. The van der Waals surface area contributed by atoms with Crippen molar-refractivity contribution in [3.8, 4) is 0 Å². The number of rotatable bonds is 6. The number of pyridine rings is 1. The van der Waals surface area contributed by atoms with E-state index in [1.807, 2.05) is 19.1 Å². The van der Waals surface area contributed by atoms with Gasteiger partial charge in [0, 0.05) is 35.1 Å². The molecule has 138 valence electrons. The molecule has 27 heavy (non-hydrogen) atoms. The lowest BCUT2D eigenvalue weighted by Gasteiger charge is -2.20. The van der Waals surface area contributed by atoms with Crippen molar-refractivity contribution in [1.82, 2.24) is 9.88 Å². The van der Waals surface area contributed by atoms with E-state index >= 15 is 0 Å². The standard InChI is InChI=1S/C20H18ClN3O2S/c1-2-24(13-17-8-9-18(21)27-17)20(26)14-5-3-7-16(11-14)23-19(25)15-6-4-10-22-12-15/h3-12H,2,13H2,1H3,(H,23,25). The Labute approximate surface area is 166 Å². The molecule has 0 spiro atoms. The van der Waals surface area contributed by atoms with Crippen LogP contribution in [0.1, 0.15) is 32.5 Å². The van der Waals surface area contributed by atoms with Crippen LogP contribution in [0.25, 0.3) is 0 Å². The number of hydrogen-bond acceptors (Lipinski definition) is 4. The van der Waals surface area contributed by atoms with Gasteiger partial charge in [-0.2, -0.15) is 0 Å². The minimum Gasteiger partial charge on any atom is -0.334 e. The van der Waals surface area contributed by atoms with Gasteiger partial charge in [-0.3, -0.25) is 14.6 Å². The van der Waals surface area contributed by atoms with Crippen molar-refractivity contribution in [1.29, 1.82) is 0 Å². The monoisotopic (exact) mass is 399 g/mol. The van der Waals surface area contributed by atoms with Gasteiger partial charge in [-0.1, -0.05) is 17.7 Å². The van der Waals surface area contributed by atoms with Gasteiger partial charge in [0.2, 0.25) is 0 Å². The molecule has 2 amide bonds. The van der Waals surface area contributed by atoms with Crippen LogP contribution in [0.4, 0.5) is 5.69 Å². The molecule has 1 aromatic carbocycles. The Morgan fingerprint density at radius 2 is 1.96 bits per heavy atom. The first-order valence-corrected chi connectivity index (χ1v) is 9.61. The molecule has 2 heterocycles. The Hall–Kier alpha value is -2.70. The van der Waals surface area contributed by atoms with Crippen LogP contribution in [0, 0.1) is 0 Å². The molecule has 0 aliphatic carbocycles. The fourth-order valence-corrected chi connectivity index (χ4v) is 3.67. The molecule has 0 saturated carbocycles. The first-order chi connectivity index (χ1) is 13.1. The summed E-state index contributed by atoms with van der Waals surface area (Å²) in [4.78, 5) is 31.8. The second-order valence-corrected chi connectivity index (χ2v) is 7.60. The number of amides is 2. The summed E-state index contributed by atoms with van der Waals surface area (Å²) in [5.41, 5.74) is 1.53. The average molecular weight is 400 g/mol. The van der Waals surface area contributed by atoms with E-state index in [2.05, 4.69) is 10.3 Å². The summed E-state index contributed by atoms with van der Waals surface area (Å²) in [6, 6.07) is 14.1. The zero-order valence-corrected chi connectivity index (χ0v) is 16.3. The third kappa shape index (κ3) is 4.93. The molecule has 0 fully saturated rings. The van der Waals surface area contributed by atoms with Gasteiger partial charge in [0.15, 0.2) is 0 Å². The lowest BCUT2D eigenvalue weighted by atomic mass is 10.1. The zero-order valence-electron chi connectivity index (χ0n) is 14.7. The molecule has 0 aliphatic heterocycles. The predicted molar refractivity (Wildman–Crippen MR) is 108 cm³/mol. The van der Waals surface area contributed by atoms with Crippen molar-refractivity contribution in [2.45, 2.75) is 13.5 Å². The maximum atomic E-state index is 12.9. The highest BCUT2D eigenvalue weighted by Gasteiger charge is 2.16. The summed E-state index contributed by atoms with van der Waals surface area (Å²) in [7, 11) is 0. The number of carbonyl (C=O) groups excluding carboxylic acids is 2. The summed E-state index contributed by atoms with van der Waals surface area (Å²) < 4.78 is 0.702. The van der Waals surface area contributed by atoms with Crippen molar-refractivity contribution >= 4 is 40.4 Å². The van der Waals surface area contributed by atoms with E-state index in [1.54, 1.807) is 47.5 Å². The molecule has 7 heteroatoms. The second kappa shape index (κ2) is 8.79. The normalized spacial score (nSPS) is 10.4. The largest absolute Gasteiger partial charge is 0.334 e. The quantitative estimate of drug-likeness (QED) is 0.652. The van der Waals surface area contributed by atoms with Crippen LogP contribution in [0.5, 0.6) is 0 Å². The second-order valence-electron chi connectivity index (χ2n) is 5.80. The molecule has 0 radical (unpaired) electrons. The van der Waals surface area contributed by atoms with Crippen LogP contribution < -0.4 is 5.32 Å². The van der Waals surface area contributed by atoms with Crippen LogP contribution in [-0.4, -0.2) is 28.2 Å². The predicted octanol–water partition coefficient (Wildman–Crippen LogP) is 4.71. The fourth-order valence-electron chi connectivity index (χ4n) is 2.56. The first-order valence-electron chi connectivity index (χ1n) is 8.41. The number of carbonyl (C=O) groups is 2. The molecular formula is C20H18ClN3O2S. The van der Waals surface area contributed by atoms with Crippen molar-refractivity contribution in [2.24, 2.45) is 0 Å². The smallest absolute Gasteiger partial charge is 0.257 e. The van der Waals surface area contributed by atoms with Crippen LogP contribution in [0.3, 0.4) is 0 Å². The van der Waals surface area contributed by atoms with Crippen LogP contribution in [0.15, 0.2) is 60.9 Å². The van der Waals surface area contributed by atoms with Crippen LogP contribution in [0.2, 0.25) is 4.34 Å². The number of nitrogens with zero attached hydrogens (tertiary/aromatic N) is 2. The van der Waals surface area contributed by atoms with E-state index in [4.69, 9.17) is 11.6 Å². The van der Waals surface area contributed by atoms with Crippen LogP contribution >= 0.6 is 22.9 Å². The number of hydrogen-bond donors (Lipinski definition) is 1. The Morgan fingerprint density at radius 3 is 2.63 bits per heavy atom. The van der Waals surface area contributed by atoms with Gasteiger partial charge in [-0.05, 0) is 49.4 Å². The molecule has 0 bridgehead atoms. The van der Waals surface area contributed by atoms with Gasteiger partial charge >= 0.3 is 0 Å². The fraction of sp³-hybridized carbons (Fsp3) is 0.150. The maximum Gasteiger partial charge on any atom is 0.257 e. The Morgan fingerprint density at radius 1 is 1.15 bits per heavy atom. The summed E-state index contributed by atoms with van der Waals surface area (Å²) in [6.45, 7) is 3.00. The van der Waals surface area contributed by atoms with E-state index in [0.717, 1.165) is 4.88 Å². The number of halogens is 1. The molecule has 0 aliphatic rings. The van der Waals surface area contributed by atoms with Crippen molar-refractivity contribution in [3.63, 3.8) is 0 Å². The molecular weight excluding hydrogens is 382 g/mol. The van der Waals surface area contributed by atoms with Gasteiger partial charge < -0.3 is 10.2 Å². The highest BCUT2D eigenvalue weighted by molar-refractivity contribution is 7.16. The molecule has 3 rings (SSSR count). The molecule has 0 saturated heterocycles. The van der Waals surface area contributed by atoms with Crippen molar-refractivity contribution in [3.05, 3.63) is 81.3 Å². The van der Waals surface area contributed by atoms with Gasteiger partial charge in [0.05, 0.1) is 16.4 Å². The summed E-state index contributed by atoms with van der Waals surface area (Å²) >= 11 is 7.44. The summed E-state index contributed by atoms with van der Waals surface area (Å²) in [5.74, 6) is -0.368. The van der Waals surface area contributed by atoms with Crippen molar-refractivity contribution in [2.75, 3.05) is 11.9 Å². The minimum atomic E-state index is -0.270. The number of nitrogens with one attached hydrogen (secondary N) is 1. The third-order valence-electron chi connectivity index (χ3n) is 3.94. The van der Waals surface area contributed by atoms with E-state index in [9.17, 15) is 9.59 Å². The maximum absolute atomic E-state index is 12.9. The van der Waals surface area contributed by atoms with Gasteiger partial charge in [-0.25, -0.2) is 0 Å². The van der Waals surface area contributed by atoms with Gasteiger partial charge in [0.25, 0.3) is 11.8 Å². The SMILES string of the molecule is CCN(Cc1ccc(Cl)s1)C(=O)c1cccc(NC(=O)c2cccnc2)c1. The molecule has 0 atom stereocenters. The van der Waals surface area contributed by atoms with E-state index in [0.29, 0.717) is 34.2 Å². The molecule has 3 aromatic rings. The topological polar surface area (TPSA) is 62.3 Å². The minimum absolute atomic E-state index is 0.0977. The third-order valence-corrected chi connectivity index (χ3v) is 5.15. The van der Waals surface area contributed by atoms with E-state index < -0.39 is 0 Å². The number of thiophene rings is 1. The van der Waals surface area contributed by atoms with E-state index in [1.165, 1.54) is 17.5 Å². The van der Waals surface area contributed by atoms with Gasteiger partial charge in [-0.15, -0.1) is 11.3 Å². The van der Waals surface area contributed by atoms with Crippen LogP contribution in [-0.2, 0) is 6.54 Å². The molecule has 5 nitrogen and oxygen atoms in total. The average Bonchev–Trinajstić information content (AvgIpc) is 3.11. The van der Waals surface area contributed by atoms with Gasteiger partial charge in [0.1, 0.15) is 0 Å². The lowest BCUT2D eigenvalue weighted by molar-refractivity contribution is 0.0754. The number of anilines is 1. The highest BCUT2D eigenvalue weighted by Crippen LogP contribution is 2.23. The summed E-state index contributed by atoms with van der Waals surface area (Å²) in [5, 5.41) is 2.80. The highest BCUT2D eigenvalue weighted by atomic mass is 35.5. The Kier molecular flexibility index (Phi) is 6.21. The zero-order chi connectivity index (χ0) is 19.2. The molecule has 0 unspecified atom stereocenters. The number of benzene rings is 1. The van der Waals surface area contributed by atoms with E-state index in [-0.39, 0.29) is 11.8 Å². The first kappa shape index (κ1) is 19.1. The molecule has 1 N–H and O–H groups in total. The number of aromatic nitrogens is 1. The van der Waals surface area contributed by atoms with Crippen molar-refractivity contribution < 1.29 is 9.59 Å². The Balaban J connectivity index is 1.73. The lowest BCUT2D eigenvalue weighted by Crippen LogP contribution is -2.30. The summed E-state index contributed by atoms with van der Waals surface area (Å²) in [6.07, 6.45) is 3.10.